The van der Waals surface area contributed by atoms with Gasteiger partial charge in [-0.15, -0.1) is 0 Å². The third-order valence-corrected chi connectivity index (χ3v) is 5.04. The molecule has 0 saturated carbocycles. The highest BCUT2D eigenvalue weighted by Crippen LogP contribution is 2.09. The number of hydrogen-bond donors (Lipinski definition) is 4. The maximum Gasteiger partial charge on any atom is 0.243 e. The van der Waals surface area contributed by atoms with Gasteiger partial charge >= 0.3 is 0 Å². The van der Waals surface area contributed by atoms with E-state index >= 15 is 0 Å². The molecule has 4 N–H and O–H groups in total. The second kappa shape index (κ2) is 13.3. The van der Waals surface area contributed by atoms with E-state index in [1.54, 1.807) is 24.3 Å². The Hall–Kier alpha value is -4.39. The van der Waals surface area contributed by atoms with Gasteiger partial charge in [-0.2, -0.15) is 5.26 Å². The van der Waals surface area contributed by atoms with Crippen LogP contribution in [0.15, 0.2) is 48.5 Å². The molecule has 3 amide bonds. The van der Waals surface area contributed by atoms with E-state index in [9.17, 15) is 23.6 Å². The van der Waals surface area contributed by atoms with Crippen molar-refractivity contribution in [2.24, 2.45) is 0 Å². The lowest BCUT2D eigenvalue weighted by Gasteiger charge is -2.23. The molecule has 0 spiro atoms. The fourth-order valence-electron chi connectivity index (χ4n) is 3.27. The quantitative estimate of drug-likeness (QED) is 0.340. The Morgan fingerprint density at radius 2 is 1.74 bits per heavy atom. The van der Waals surface area contributed by atoms with Crippen LogP contribution in [-0.4, -0.2) is 41.8 Å². The minimum atomic E-state index is -1.12. The third kappa shape index (κ3) is 9.17. The zero-order valence-electron chi connectivity index (χ0n) is 19.1. The average molecular weight is 480 g/mol. The van der Waals surface area contributed by atoms with Gasteiger partial charge in [0.2, 0.25) is 17.7 Å². The average Bonchev–Trinajstić information content (AvgIpc) is 2.85. The van der Waals surface area contributed by atoms with Crippen molar-refractivity contribution in [3.8, 4) is 6.07 Å². The van der Waals surface area contributed by atoms with E-state index in [4.69, 9.17) is 10.7 Å². The molecule has 0 heterocycles. The molecule has 2 rings (SSSR count). The lowest BCUT2D eigenvalue weighted by Crippen LogP contribution is -2.54. The van der Waals surface area contributed by atoms with E-state index in [1.165, 1.54) is 31.2 Å². The number of ketones is 1. The molecule has 0 unspecified atom stereocenters. The Morgan fingerprint density at radius 1 is 1.03 bits per heavy atom. The van der Waals surface area contributed by atoms with Crippen molar-refractivity contribution in [1.82, 2.24) is 16.0 Å². The van der Waals surface area contributed by atoms with Gasteiger partial charge in [0.25, 0.3) is 0 Å². The molecule has 10 heteroatoms. The highest BCUT2D eigenvalue weighted by atomic mass is 19.1. The summed E-state index contributed by atoms with van der Waals surface area (Å²) >= 11 is 0. The summed E-state index contributed by atoms with van der Waals surface area (Å²) in [6, 6.07) is 11.9. The molecule has 0 aromatic heterocycles. The second-order valence-electron chi connectivity index (χ2n) is 7.82. The van der Waals surface area contributed by atoms with Crippen LogP contribution in [0.25, 0.3) is 0 Å². The number of rotatable bonds is 12. The van der Waals surface area contributed by atoms with Crippen molar-refractivity contribution in [3.05, 3.63) is 71.0 Å². The van der Waals surface area contributed by atoms with E-state index in [2.05, 4.69) is 16.0 Å². The lowest BCUT2D eigenvalue weighted by molar-refractivity contribution is -0.132. The highest BCUT2D eigenvalue weighted by molar-refractivity contribution is 6.26. The molecule has 0 bridgehead atoms. The molecule has 2 aromatic carbocycles. The number of carbonyl (C=O) groups excluding carboxylic acids is 4. The number of nitriles is 1. The Bertz CT molecular complexity index is 1130. The molecule has 2 atom stereocenters. The van der Waals surface area contributed by atoms with Gasteiger partial charge in [0, 0.05) is 26.3 Å². The van der Waals surface area contributed by atoms with Gasteiger partial charge in [-0.25, -0.2) is 4.39 Å². The van der Waals surface area contributed by atoms with Crippen LogP contribution in [-0.2, 0) is 32.1 Å². The zero-order valence-corrected chi connectivity index (χ0v) is 19.1. The van der Waals surface area contributed by atoms with Gasteiger partial charge in [0.05, 0.1) is 17.8 Å². The fraction of sp³-hybridized carbons (Fsp3) is 0.280. The molecule has 0 aliphatic rings. The summed E-state index contributed by atoms with van der Waals surface area (Å²) in [6.45, 7) is 1.32. The number of nitrogens with zero attached hydrogens (tertiary/aromatic N) is 1. The van der Waals surface area contributed by atoms with Crippen molar-refractivity contribution in [2.75, 3.05) is 0 Å². The van der Waals surface area contributed by atoms with Gasteiger partial charge in [0.15, 0.2) is 5.78 Å². The minimum absolute atomic E-state index is 0.0636. The van der Waals surface area contributed by atoms with Crippen LogP contribution in [0.4, 0.5) is 4.39 Å². The van der Waals surface area contributed by atoms with Gasteiger partial charge in [-0.05, 0) is 41.8 Å². The van der Waals surface area contributed by atoms with Crippen LogP contribution in [0.5, 0.6) is 0 Å². The van der Waals surface area contributed by atoms with Crippen molar-refractivity contribution < 1.29 is 23.6 Å². The molecular weight excluding hydrogens is 453 g/mol. The van der Waals surface area contributed by atoms with Gasteiger partial charge < -0.3 is 21.4 Å². The standard InChI is InChI=1S/C25H26FN5O4/c1-16(32)30-23(12-18-3-2-4-19(11-18)13-27)25(35)31-22(10-9-21(33)14-28)24(34)29-15-17-5-7-20(26)8-6-17/h2-8,11,14,22-23,28H,9-10,12,15H2,1H3,(H,29,34)(H,30,32)(H,31,35)/t22-,23-/m0/s1. The van der Waals surface area contributed by atoms with Crippen molar-refractivity contribution >= 4 is 29.7 Å². The summed E-state index contributed by atoms with van der Waals surface area (Å²) in [7, 11) is 0. The van der Waals surface area contributed by atoms with E-state index in [0.29, 0.717) is 22.9 Å². The van der Waals surface area contributed by atoms with Crippen LogP contribution in [0.3, 0.4) is 0 Å². The van der Waals surface area contributed by atoms with Crippen LogP contribution < -0.4 is 16.0 Å². The summed E-state index contributed by atoms with van der Waals surface area (Å²) in [5.74, 6) is -2.61. The topological polar surface area (TPSA) is 152 Å². The molecule has 0 saturated heterocycles. The first kappa shape index (κ1) is 26.9. The predicted molar refractivity (Wildman–Crippen MR) is 126 cm³/mol. The molecule has 2 aromatic rings. The molecule has 0 aliphatic carbocycles. The van der Waals surface area contributed by atoms with E-state index in [1.807, 2.05) is 6.07 Å². The largest absolute Gasteiger partial charge is 0.350 e. The predicted octanol–water partition coefficient (Wildman–Crippen LogP) is 1.54. The molecule has 182 valence electrons. The molecule has 0 radical (unpaired) electrons. The summed E-state index contributed by atoms with van der Waals surface area (Å²) in [6.07, 6.45) is 0.501. The van der Waals surface area contributed by atoms with Gasteiger partial charge in [-0.1, -0.05) is 24.3 Å². The number of hydrogen-bond acceptors (Lipinski definition) is 6. The number of benzene rings is 2. The second-order valence-corrected chi connectivity index (χ2v) is 7.82. The monoisotopic (exact) mass is 479 g/mol. The molecular formula is C25H26FN5O4. The fourth-order valence-corrected chi connectivity index (χ4v) is 3.27. The van der Waals surface area contributed by atoms with Crippen molar-refractivity contribution in [3.63, 3.8) is 0 Å². The first-order chi connectivity index (χ1) is 16.7. The van der Waals surface area contributed by atoms with E-state index < -0.39 is 41.4 Å². The Kier molecular flexibility index (Phi) is 10.2. The van der Waals surface area contributed by atoms with E-state index in [0.717, 1.165) is 0 Å². The minimum Gasteiger partial charge on any atom is -0.350 e. The number of halogens is 1. The van der Waals surface area contributed by atoms with E-state index in [-0.39, 0.29) is 25.8 Å². The SMILES string of the molecule is CC(=O)N[C@@H](Cc1cccc(C#N)c1)C(=O)N[C@@H](CCC(=O)C=N)C(=O)NCc1ccc(F)cc1. The zero-order chi connectivity index (χ0) is 25.8. The Morgan fingerprint density at radius 3 is 2.37 bits per heavy atom. The van der Waals surface area contributed by atoms with Crippen LogP contribution in [0, 0.1) is 22.6 Å². The number of nitrogens with one attached hydrogen (secondary N) is 4. The summed E-state index contributed by atoms with van der Waals surface area (Å²) in [5.41, 5.74) is 1.66. The first-order valence-corrected chi connectivity index (χ1v) is 10.8. The maximum absolute atomic E-state index is 13.1. The Labute approximate surface area is 202 Å². The number of amides is 3. The van der Waals surface area contributed by atoms with Gasteiger partial charge in [0.1, 0.15) is 17.9 Å². The third-order valence-electron chi connectivity index (χ3n) is 5.04. The van der Waals surface area contributed by atoms with Crippen LogP contribution in [0.2, 0.25) is 0 Å². The first-order valence-electron chi connectivity index (χ1n) is 10.8. The molecule has 35 heavy (non-hydrogen) atoms. The van der Waals surface area contributed by atoms with Crippen molar-refractivity contribution in [2.45, 2.75) is 44.8 Å². The molecule has 0 aliphatic heterocycles. The summed E-state index contributed by atoms with van der Waals surface area (Å²) in [5, 5.41) is 23.9. The lowest BCUT2D eigenvalue weighted by atomic mass is 10.0. The summed E-state index contributed by atoms with van der Waals surface area (Å²) in [4.78, 5) is 49.2. The molecule has 0 fully saturated rings. The normalized spacial score (nSPS) is 11.9. The smallest absolute Gasteiger partial charge is 0.243 e. The van der Waals surface area contributed by atoms with Crippen LogP contribution in [0.1, 0.15) is 36.5 Å². The van der Waals surface area contributed by atoms with Crippen LogP contribution >= 0.6 is 0 Å². The van der Waals surface area contributed by atoms with Crippen molar-refractivity contribution in [1.29, 1.82) is 10.7 Å². The molecule has 9 nitrogen and oxygen atoms in total. The maximum atomic E-state index is 13.1. The number of carbonyl (C=O) groups is 4. The summed E-state index contributed by atoms with van der Waals surface area (Å²) < 4.78 is 13.1. The van der Waals surface area contributed by atoms with Gasteiger partial charge in [-0.3, -0.25) is 19.2 Å². The highest BCUT2D eigenvalue weighted by Gasteiger charge is 2.27. The Balaban J connectivity index is 2.15. The number of Topliss-reactive ketones (excluding diaryl/α,β-unsaturated/α-hetero) is 1.